The molecule has 0 fully saturated rings. The molecule has 0 heterocycles. The summed E-state index contributed by atoms with van der Waals surface area (Å²) in [6.07, 6.45) is 0. The first-order valence-corrected chi connectivity index (χ1v) is 6.56. The zero-order valence-corrected chi connectivity index (χ0v) is 13.2. The number of hydrogen-bond acceptors (Lipinski definition) is 3. The van der Waals surface area contributed by atoms with E-state index in [1.807, 2.05) is 51.1 Å². The SMILES string of the molecule is CC(C)(C)[C@H](N)C(=O)NCCOCc1ccccc1.Cl. The zero-order chi connectivity index (χ0) is 14.3. The summed E-state index contributed by atoms with van der Waals surface area (Å²) in [6.45, 7) is 7.37. The van der Waals surface area contributed by atoms with Crippen LogP contribution in [-0.4, -0.2) is 25.1 Å². The number of hydrogen-bond donors (Lipinski definition) is 2. The number of halogens is 1. The number of benzene rings is 1. The molecule has 0 spiro atoms. The summed E-state index contributed by atoms with van der Waals surface area (Å²) in [4.78, 5) is 11.7. The molecule has 1 aromatic carbocycles. The Morgan fingerprint density at radius 3 is 2.45 bits per heavy atom. The van der Waals surface area contributed by atoms with E-state index in [0.717, 1.165) is 5.56 Å². The third-order valence-corrected chi connectivity index (χ3v) is 2.87. The van der Waals surface area contributed by atoms with Crippen LogP contribution in [0.2, 0.25) is 0 Å². The van der Waals surface area contributed by atoms with Crippen molar-refractivity contribution in [2.24, 2.45) is 11.1 Å². The first-order chi connectivity index (χ1) is 8.91. The van der Waals surface area contributed by atoms with Crippen LogP contribution in [0, 0.1) is 5.41 Å². The number of carbonyl (C=O) groups excluding carboxylic acids is 1. The van der Waals surface area contributed by atoms with E-state index in [2.05, 4.69) is 5.32 Å². The van der Waals surface area contributed by atoms with Gasteiger partial charge in [0.1, 0.15) is 0 Å². The van der Waals surface area contributed by atoms with E-state index in [4.69, 9.17) is 10.5 Å². The van der Waals surface area contributed by atoms with Crippen LogP contribution >= 0.6 is 12.4 Å². The number of nitrogens with one attached hydrogen (secondary N) is 1. The maximum atomic E-state index is 11.7. The van der Waals surface area contributed by atoms with Crippen LogP contribution in [0.3, 0.4) is 0 Å². The van der Waals surface area contributed by atoms with Gasteiger partial charge in [0.25, 0.3) is 0 Å². The molecular formula is C15H25ClN2O2. The summed E-state index contributed by atoms with van der Waals surface area (Å²) in [5, 5.41) is 2.79. The van der Waals surface area contributed by atoms with Crippen molar-refractivity contribution >= 4 is 18.3 Å². The van der Waals surface area contributed by atoms with Gasteiger partial charge in [-0.3, -0.25) is 4.79 Å². The van der Waals surface area contributed by atoms with E-state index < -0.39 is 6.04 Å². The van der Waals surface area contributed by atoms with Crippen LogP contribution < -0.4 is 11.1 Å². The van der Waals surface area contributed by atoms with Gasteiger partial charge in [-0.2, -0.15) is 0 Å². The van der Waals surface area contributed by atoms with Gasteiger partial charge in [0.2, 0.25) is 5.91 Å². The van der Waals surface area contributed by atoms with Crippen molar-refractivity contribution in [3.63, 3.8) is 0 Å². The molecule has 0 bridgehead atoms. The third kappa shape index (κ3) is 6.89. The van der Waals surface area contributed by atoms with Gasteiger partial charge in [-0.15, -0.1) is 12.4 Å². The standard InChI is InChI=1S/C15H24N2O2.ClH/c1-15(2,3)13(16)14(18)17-9-10-19-11-12-7-5-4-6-8-12;/h4-8,13H,9-11,16H2,1-3H3,(H,17,18);1H/t13-;/m1./s1. The summed E-state index contributed by atoms with van der Waals surface area (Å²) < 4.78 is 5.48. The molecule has 1 aromatic rings. The molecule has 5 heteroatoms. The van der Waals surface area contributed by atoms with Crippen LogP contribution in [-0.2, 0) is 16.1 Å². The fourth-order valence-electron chi connectivity index (χ4n) is 1.51. The second kappa shape index (κ2) is 8.95. The second-order valence-corrected chi connectivity index (χ2v) is 5.67. The van der Waals surface area contributed by atoms with Gasteiger partial charge in [0, 0.05) is 6.54 Å². The van der Waals surface area contributed by atoms with Crippen molar-refractivity contribution in [2.45, 2.75) is 33.4 Å². The molecule has 3 N–H and O–H groups in total. The van der Waals surface area contributed by atoms with Crippen LogP contribution in [0.4, 0.5) is 0 Å². The maximum absolute atomic E-state index is 11.7. The minimum Gasteiger partial charge on any atom is -0.375 e. The Bertz CT molecular complexity index is 391. The topological polar surface area (TPSA) is 64.4 Å². The van der Waals surface area contributed by atoms with Crippen molar-refractivity contribution in [1.82, 2.24) is 5.32 Å². The minimum atomic E-state index is -0.498. The first kappa shape index (κ1) is 18.9. The Morgan fingerprint density at radius 2 is 1.90 bits per heavy atom. The van der Waals surface area contributed by atoms with Crippen LogP contribution in [0.25, 0.3) is 0 Å². The fraction of sp³-hybridized carbons (Fsp3) is 0.533. The lowest BCUT2D eigenvalue weighted by Crippen LogP contribution is -2.49. The second-order valence-electron chi connectivity index (χ2n) is 5.67. The zero-order valence-electron chi connectivity index (χ0n) is 12.4. The molecule has 0 saturated heterocycles. The Kier molecular flexibility index (Phi) is 8.46. The molecule has 0 aromatic heterocycles. The average molecular weight is 301 g/mol. The quantitative estimate of drug-likeness (QED) is 0.791. The summed E-state index contributed by atoms with van der Waals surface area (Å²) in [5.74, 6) is -0.129. The summed E-state index contributed by atoms with van der Waals surface area (Å²) >= 11 is 0. The van der Waals surface area contributed by atoms with E-state index in [9.17, 15) is 4.79 Å². The number of amides is 1. The van der Waals surface area contributed by atoms with Crippen LogP contribution in [0.15, 0.2) is 30.3 Å². The van der Waals surface area contributed by atoms with Crippen LogP contribution in [0.5, 0.6) is 0 Å². The number of nitrogens with two attached hydrogens (primary N) is 1. The third-order valence-electron chi connectivity index (χ3n) is 2.87. The highest BCUT2D eigenvalue weighted by Gasteiger charge is 2.26. The van der Waals surface area contributed by atoms with Crippen molar-refractivity contribution < 1.29 is 9.53 Å². The van der Waals surface area contributed by atoms with Crippen molar-refractivity contribution in [3.8, 4) is 0 Å². The molecule has 0 radical (unpaired) electrons. The Morgan fingerprint density at radius 1 is 1.30 bits per heavy atom. The Labute approximate surface area is 127 Å². The van der Waals surface area contributed by atoms with Gasteiger partial charge in [-0.1, -0.05) is 51.1 Å². The van der Waals surface area contributed by atoms with E-state index in [-0.39, 0.29) is 23.7 Å². The lowest BCUT2D eigenvalue weighted by molar-refractivity contribution is -0.124. The summed E-state index contributed by atoms with van der Waals surface area (Å²) in [6, 6.07) is 9.44. The smallest absolute Gasteiger partial charge is 0.237 e. The lowest BCUT2D eigenvalue weighted by atomic mass is 9.87. The summed E-state index contributed by atoms with van der Waals surface area (Å²) in [5.41, 5.74) is 6.75. The molecule has 1 rings (SSSR count). The van der Waals surface area contributed by atoms with Gasteiger partial charge >= 0.3 is 0 Å². The maximum Gasteiger partial charge on any atom is 0.237 e. The van der Waals surface area contributed by atoms with Gasteiger partial charge in [0.15, 0.2) is 0 Å². The van der Waals surface area contributed by atoms with E-state index >= 15 is 0 Å². The predicted octanol–water partition coefficient (Wildman–Crippen LogP) is 2.11. The molecular weight excluding hydrogens is 276 g/mol. The number of carbonyl (C=O) groups is 1. The predicted molar refractivity (Wildman–Crippen MR) is 83.8 cm³/mol. The number of ether oxygens (including phenoxy) is 1. The average Bonchev–Trinajstić information content (AvgIpc) is 2.37. The largest absolute Gasteiger partial charge is 0.375 e. The molecule has 114 valence electrons. The van der Waals surface area contributed by atoms with Crippen LogP contribution in [0.1, 0.15) is 26.3 Å². The van der Waals surface area contributed by atoms with Crippen molar-refractivity contribution in [3.05, 3.63) is 35.9 Å². The van der Waals surface area contributed by atoms with Gasteiger partial charge < -0.3 is 15.8 Å². The van der Waals surface area contributed by atoms with Gasteiger partial charge in [-0.05, 0) is 11.0 Å². The minimum absolute atomic E-state index is 0. The molecule has 0 aliphatic rings. The van der Waals surface area contributed by atoms with Crippen molar-refractivity contribution in [1.29, 1.82) is 0 Å². The van der Waals surface area contributed by atoms with E-state index in [1.54, 1.807) is 0 Å². The molecule has 0 aliphatic carbocycles. The molecule has 1 amide bonds. The molecule has 0 aliphatic heterocycles. The molecule has 0 saturated carbocycles. The number of rotatable bonds is 6. The summed E-state index contributed by atoms with van der Waals surface area (Å²) in [7, 11) is 0. The molecule has 4 nitrogen and oxygen atoms in total. The molecule has 1 atom stereocenters. The normalized spacial score (nSPS) is 12.4. The monoisotopic (exact) mass is 300 g/mol. The fourth-order valence-corrected chi connectivity index (χ4v) is 1.51. The van der Waals surface area contributed by atoms with E-state index in [0.29, 0.717) is 19.8 Å². The highest BCUT2D eigenvalue weighted by Crippen LogP contribution is 2.16. The lowest BCUT2D eigenvalue weighted by Gasteiger charge is -2.25. The highest BCUT2D eigenvalue weighted by molar-refractivity contribution is 5.85. The van der Waals surface area contributed by atoms with Gasteiger partial charge in [-0.25, -0.2) is 0 Å². The van der Waals surface area contributed by atoms with Gasteiger partial charge in [0.05, 0.1) is 19.3 Å². The Balaban J connectivity index is 0.00000361. The highest BCUT2D eigenvalue weighted by atomic mass is 35.5. The van der Waals surface area contributed by atoms with E-state index in [1.165, 1.54) is 0 Å². The molecule has 20 heavy (non-hydrogen) atoms. The van der Waals surface area contributed by atoms with Crippen molar-refractivity contribution in [2.75, 3.05) is 13.2 Å². The Hall–Kier alpha value is -1.10. The molecule has 0 unspecified atom stereocenters. The first-order valence-electron chi connectivity index (χ1n) is 6.56.